The molecular weight excluding hydrogens is 342 g/mol. The van der Waals surface area contributed by atoms with Crippen molar-refractivity contribution in [1.82, 2.24) is 9.97 Å². The minimum atomic E-state index is 0.124. The van der Waals surface area contributed by atoms with Gasteiger partial charge in [0.2, 0.25) is 11.9 Å². The van der Waals surface area contributed by atoms with Gasteiger partial charge in [-0.2, -0.15) is 4.98 Å². The highest BCUT2D eigenvalue weighted by Gasteiger charge is 2.25. The van der Waals surface area contributed by atoms with Crippen molar-refractivity contribution in [2.24, 2.45) is 5.92 Å². The first-order valence-electron chi connectivity index (χ1n) is 9.54. The molecule has 142 valence electrons. The van der Waals surface area contributed by atoms with E-state index in [1.807, 2.05) is 37.3 Å². The SMILES string of the molecule is Cc1cc(N2CCOCC2)nc(Nc2ccc(NC(=O)C3CCC3)cc2)n1. The summed E-state index contributed by atoms with van der Waals surface area (Å²) in [7, 11) is 0. The third-order valence-corrected chi connectivity index (χ3v) is 5.06. The predicted octanol–water partition coefficient (Wildman–Crippen LogP) is 3.10. The molecule has 2 heterocycles. The van der Waals surface area contributed by atoms with Crippen LogP contribution in [0.4, 0.5) is 23.1 Å². The van der Waals surface area contributed by atoms with Gasteiger partial charge in [-0.25, -0.2) is 4.98 Å². The number of hydrogen-bond donors (Lipinski definition) is 2. The lowest BCUT2D eigenvalue weighted by atomic mass is 9.85. The van der Waals surface area contributed by atoms with Gasteiger partial charge in [-0.3, -0.25) is 4.79 Å². The Morgan fingerprint density at radius 1 is 1.11 bits per heavy atom. The third-order valence-electron chi connectivity index (χ3n) is 5.06. The largest absolute Gasteiger partial charge is 0.378 e. The Morgan fingerprint density at radius 2 is 1.81 bits per heavy atom. The molecule has 1 aliphatic carbocycles. The van der Waals surface area contributed by atoms with Crippen molar-refractivity contribution in [3.05, 3.63) is 36.0 Å². The molecule has 2 aromatic rings. The molecule has 27 heavy (non-hydrogen) atoms. The molecule has 0 radical (unpaired) electrons. The Kier molecular flexibility index (Phi) is 5.20. The molecule has 7 heteroatoms. The number of carbonyl (C=O) groups is 1. The first-order chi connectivity index (χ1) is 13.2. The van der Waals surface area contributed by atoms with Gasteiger partial charge in [0.05, 0.1) is 13.2 Å². The molecule has 1 aromatic carbocycles. The smallest absolute Gasteiger partial charge is 0.229 e. The van der Waals surface area contributed by atoms with Crippen LogP contribution in [0.1, 0.15) is 25.0 Å². The number of rotatable bonds is 5. The topological polar surface area (TPSA) is 79.4 Å². The summed E-state index contributed by atoms with van der Waals surface area (Å²) in [5.74, 6) is 1.79. The lowest BCUT2D eigenvalue weighted by Gasteiger charge is -2.28. The van der Waals surface area contributed by atoms with Gasteiger partial charge in [0.15, 0.2) is 0 Å². The number of morpholine rings is 1. The van der Waals surface area contributed by atoms with Gasteiger partial charge in [0.25, 0.3) is 0 Å². The van der Waals surface area contributed by atoms with Crippen LogP contribution >= 0.6 is 0 Å². The van der Waals surface area contributed by atoms with E-state index in [-0.39, 0.29) is 11.8 Å². The average molecular weight is 367 g/mol. The number of aromatic nitrogens is 2. The van der Waals surface area contributed by atoms with Crippen molar-refractivity contribution in [3.63, 3.8) is 0 Å². The van der Waals surface area contributed by atoms with Gasteiger partial charge in [-0.1, -0.05) is 6.42 Å². The van der Waals surface area contributed by atoms with Crippen molar-refractivity contribution in [1.29, 1.82) is 0 Å². The summed E-state index contributed by atoms with van der Waals surface area (Å²) < 4.78 is 5.41. The highest BCUT2D eigenvalue weighted by molar-refractivity contribution is 5.93. The number of nitrogens with zero attached hydrogens (tertiary/aromatic N) is 3. The first-order valence-corrected chi connectivity index (χ1v) is 9.54. The molecule has 0 atom stereocenters. The molecule has 1 saturated carbocycles. The summed E-state index contributed by atoms with van der Waals surface area (Å²) in [6.45, 7) is 5.09. The summed E-state index contributed by atoms with van der Waals surface area (Å²) in [6, 6.07) is 9.65. The lowest BCUT2D eigenvalue weighted by Crippen LogP contribution is -2.36. The van der Waals surface area contributed by atoms with Crippen molar-refractivity contribution in [2.75, 3.05) is 41.8 Å². The molecule has 0 spiro atoms. The van der Waals surface area contributed by atoms with Crippen LogP contribution in [0.3, 0.4) is 0 Å². The van der Waals surface area contributed by atoms with Crippen LogP contribution in [0, 0.1) is 12.8 Å². The molecule has 4 rings (SSSR count). The molecule has 1 amide bonds. The van der Waals surface area contributed by atoms with E-state index in [1.165, 1.54) is 0 Å². The van der Waals surface area contributed by atoms with Crippen LogP contribution in [0.15, 0.2) is 30.3 Å². The normalized spacial score (nSPS) is 17.3. The van der Waals surface area contributed by atoms with E-state index in [9.17, 15) is 4.79 Å². The molecule has 1 aromatic heterocycles. The van der Waals surface area contributed by atoms with Gasteiger partial charge in [0, 0.05) is 42.1 Å². The van der Waals surface area contributed by atoms with Gasteiger partial charge >= 0.3 is 0 Å². The Bertz CT molecular complexity index is 799. The maximum absolute atomic E-state index is 12.0. The minimum Gasteiger partial charge on any atom is -0.378 e. The number of benzene rings is 1. The van der Waals surface area contributed by atoms with Gasteiger partial charge in [-0.15, -0.1) is 0 Å². The van der Waals surface area contributed by atoms with Crippen LogP contribution in [-0.2, 0) is 9.53 Å². The van der Waals surface area contributed by atoms with E-state index in [0.29, 0.717) is 5.95 Å². The van der Waals surface area contributed by atoms with Crippen molar-refractivity contribution in [3.8, 4) is 0 Å². The zero-order valence-corrected chi connectivity index (χ0v) is 15.6. The Balaban J connectivity index is 1.42. The van der Waals surface area contributed by atoms with Crippen molar-refractivity contribution >= 4 is 29.0 Å². The maximum Gasteiger partial charge on any atom is 0.229 e. The van der Waals surface area contributed by atoms with Gasteiger partial charge in [0.1, 0.15) is 5.82 Å². The second kappa shape index (κ2) is 7.92. The van der Waals surface area contributed by atoms with Gasteiger partial charge < -0.3 is 20.3 Å². The highest BCUT2D eigenvalue weighted by atomic mass is 16.5. The monoisotopic (exact) mass is 367 g/mol. The van der Waals surface area contributed by atoms with E-state index in [2.05, 4.69) is 25.5 Å². The second-order valence-corrected chi connectivity index (χ2v) is 7.11. The predicted molar refractivity (Wildman–Crippen MR) is 105 cm³/mol. The Labute approximate surface area is 159 Å². The Morgan fingerprint density at radius 3 is 2.48 bits per heavy atom. The molecule has 1 saturated heterocycles. The fraction of sp³-hybridized carbons (Fsp3) is 0.450. The summed E-state index contributed by atoms with van der Waals surface area (Å²) in [5.41, 5.74) is 2.62. The molecule has 1 aliphatic heterocycles. The van der Waals surface area contributed by atoms with E-state index < -0.39 is 0 Å². The van der Waals surface area contributed by atoms with Crippen LogP contribution in [0.25, 0.3) is 0 Å². The molecule has 2 aliphatic rings. The number of ether oxygens (including phenoxy) is 1. The number of aryl methyl sites for hydroxylation is 1. The summed E-state index contributed by atoms with van der Waals surface area (Å²) in [4.78, 5) is 23.4. The van der Waals surface area contributed by atoms with Crippen LogP contribution in [-0.4, -0.2) is 42.2 Å². The molecule has 2 fully saturated rings. The first kappa shape index (κ1) is 17.7. The van der Waals surface area contributed by atoms with E-state index in [0.717, 1.165) is 68.5 Å². The number of nitrogens with one attached hydrogen (secondary N) is 2. The number of carbonyl (C=O) groups excluding carboxylic acids is 1. The van der Waals surface area contributed by atoms with Crippen LogP contribution < -0.4 is 15.5 Å². The van der Waals surface area contributed by atoms with Gasteiger partial charge in [-0.05, 0) is 44.0 Å². The van der Waals surface area contributed by atoms with E-state index in [4.69, 9.17) is 4.74 Å². The summed E-state index contributed by atoms with van der Waals surface area (Å²) in [5, 5.41) is 6.24. The van der Waals surface area contributed by atoms with Crippen molar-refractivity contribution < 1.29 is 9.53 Å². The molecule has 7 nitrogen and oxygen atoms in total. The van der Waals surface area contributed by atoms with E-state index in [1.54, 1.807) is 0 Å². The molecule has 2 N–H and O–H groups in total. The summed E-state index contributed by atoms with van der Waals surface area (Å²) in [6.07, 6.45) is 3.16. The van der Waals surface area contributed by atoms with Crippen molar-refractivity contribution in [2.45, 2.75) is 26.2 Å². The second-order valence-electron chi connectivity index (χ2n) is 7.11. The lowest BCUT2D eigenvalue weighted by molar-refractivity contribution is -0.122. The fourth-order valence-electron chi connectivity index (χ4n) is 3.24. The fourth-order valence-corrected chi connectivity index (χ4v) is 3.24. The number of amides is 1. The standard InChI is InChI=1S/C20H25N5O2/c1-14-13-18(25-9-11-27-12-10-25)24-20(21-14)23-17-7-5-16(6-8-17)22-19(26)15-3-2-4-15/h5-8,13,15H,2-4,9-12H2,1H3,(H,22,26)(H,21,23,24). The summed E-state index contributed by atoms with van der Waals surface area (Å²) >= 11 is 0. The molecular formula is C20H25N5O2. The number of hydrogen-bond acceptors (Lipinski definition) is 6. The zero-order chi connectivity index (χ0) is 18.6. The molecule has 0 bridgehead atoms. The van der Waals surface area contributed by atoms with E-state index >= 15 is 0 Å². The average Bonchev–Trinajstić information content (AvgIpc) is 2.62. The molecule has 0 unspecified atom stereocenters. The quantitative estimate of drug-likeness (QED) is 0.845. The minimum absolute atomic E-state index is 0.124. The zero-order valence-electron chi connectivity index (χ0n) is 15.6. The van der Waals surface area contributed by atoms with Crippen LogP contribution in [0.5, 0.6) is 0 Å². The third kappa shape index (κ3) is 4.36. The highest BCUT2D eigenvalue weighted by Crippen LogP contribution is 2.28. The van der Waals surface area contributed by atoms with Crippen LogP contribution in [0.2, 0.25) is 0 Å². The Hall–Kier alpha value is -2.67. The number of anilines is 4. The maximum atomic E-state index is 12.0.